The third-order valence-corrected chi connectivity index (χ3v) is 3.23. The van der Waals surface area contributed by atoms with Gasteiger partial charge in [0.2, 0.25) is 0 Å². The van der Waals surface area contributed by atoms with Gasteiger partial charge >= 0.3 is 0 Å². The largest absolute Gasteiger partial charge is 0.409 e. The number of nitrogens with zero attached hydrogens (tertiary/aromatic N) is 1. The van der Waals surface area contributed by atoms with Gasteiger partial charge in [0.1, 0.15) is 5.82 Å². The Hall–Kier alpha value is -2.41. The van der Waals surface area contributed by atoms with Gasteiger partial charge in [-0.3, -0.25) is 4.79 Å². The first-order chi connectivity index (χ1) is 10.0. The zero-order valence-corrected chi connectivity index (χ0v) is 12.3. The Morgan fingerprint density at radius 2 is 1.95 bits per heavy atom. The lowest BCUT2D eigenvalue weighted by Gasteiger charge is -2.11. The first-order valence-corrected chi connectivity index (χ1v) is 6.65. The van der Waals surface area contributed by atoms with E-state index in [0.717, 1.165) is 0 Å². The van der Waals surface area contributed by atoms with Crippen molar-refractivity contribution in [3.63, 3.8) is 0 Å². The Bertz CT molecular complexity index is 719. The number of hydrogen-bond donors (Lipinski definition) is 3. The molecule has 7 heteroatoms. The lowest BCUT2D eigenvalue weighted by atomic mass is 10.1. The fraction of sp³-hybridized carbons (Fsp3) is 0. The van der Waals surface area contributed by atoms with Gasteiger partial charge < -0.3 is 16.3 Å². The predicted octanol–water partition coefficient (Wildman–Crippen LogP) is 2.94. The van der Waals surface area contributed by atoms with Gasteiger partial charge in [-0.1, -0.05) is 33.2 Å². The second-order valence-corrected chi connectivity index (χ2v) is 5.02. The maximum atomic E-state index is 13.6. The predicted molar refractivity (Wildman–Crippen MR) is 81.0 cm³/mol. The number of rotatable bonds is 3. The van der Waals surface area contributed by atoms with Gasteiger partial charge in [0.15, 0.2) is 5.84 Å². The Kier molecular flexibility index (Phi) is 4.54. The molecule has 0 aliphatic heterocycles. The van der Waals surface area contributed by atoms with Crippen LogP contribution in [0.15, 0.2) is 52.1 Å². The number of benzene rings is 2. The van der Waals surface area contributed by atoms with Crippen molar-refractivity contribution in [2.75, 3.05) is 5.32 Å². The number of amides is 1. The topological polar surface area (TPSA) is 87.7 Å². The minimum atomic E-state index is -0.629. The Morgan fingerprint density at radius 3 is 2.62 bits per heavy atom. The summed E-state index contributed by atoms with van der Waals surface area (Å²) in [6.07, 6.45) is 0. The summed E-state index contributed by atoms with van der Waals surface area (Å²) in [5.74, 6) is -1.42. The molecular formula is C14H11BrFN3O2. The molecule has 2 rings (SSSR count). The third-order valence-electron chi connectivity index (χ3n) is 2.73. The number of carbonyl (C=O) groups is 1. The van der Waals surface area contributed by atoms with Crippen molar-refractivity contribution in [3.05, 3.63) is 63.9 Å². The highest BCUT2D eigenvalue weighted by atomic mass is 79.9. The molecule has 0 bridgehead atoms. The summed E-state index contributed by atoms with van der Waals surface area (Å²) in [6.45, 7) is 0. The Balaban J connectivity index is 2.37. The molecule has 0 atom stereocenters. The molecule has 21 heavy (non-hydrogen) atoms. The highest BCUT2D eigenvalue weighted by Gasteiger charge is 2.14. The van der Waals surface area contributed by atoms with Gasteiger partial charge in [-0.25, -0.2) is 4.39 Å². The zero-order chi connectivity index (χ0) is 15.4. The van der Waals surface area contributed by atoms with E-state index < -0.39 is 11.7 Å². The number of hydrogen-bond acceptors (Lipinski definition) is 3. The molecule has 2 aromatic carbocycles. The molecule has 0 saturated heterocycles. The maximum absolute atomic E-state index is 13.6. The monoisotopic (exact) mass is 351 g/mol. The second-order valence-electron chi connectivity index (χ2n) is 4.11. The molecule has 0 aliphatic carbocycles. The summed E-state index contributed by atoms with van der Waals surface area (Å²) in [5.41, 5.74) is 6.08. The first kappa shape index (κ1) is 15.0. The third kappa shape index (κ3) is 3.38. The van der Waals surface area contributed by atoms with Crippen LogP contribution in [0, 0.1) is 5.82 Å². The van der Waals surface area contributed by atoms with Crippen LogP contribution < -0.4 is 11.1 Å². The van der Waals surface area contributed by atoms with Crippen molar-refractivity contribution in [2.45, 2.75) is 0 Å². The molecule has 0 radical (unpaired) electrons. The smallest absolute Gasteiger partial charge is 0.258 e. The van der Waals surface area contributed by atoms with Crippen LogP contribution in [0.25, 0.3) is 0 Å². The number of amidine groups is 1. The normalized spacial score (nSPS) is 11.2. The Morgan fingerprint density at radius 1 is 1.24 bits per heavy atom. The summed E-state index contributed by atoms with van der Waals surface area (Å²) in [6, 6.07) is 10.4. The fourth-order valence-electron chi connectivity index (χ4n) is 1.73. The highest BCUT2D eigenvalue weighted by Crippen LogP contribution is 2.22. The molecule has 0 heterocycles. The molecule has 4 N–H and O–H groups in total. The van der Waals surface area contributed by atoms with Crippen molar-refractivity contribution < 1.29 is 14.4 Å². The van der Waals surface area contributed by atoms with Crippen LogP contribution in [0.4, 0.5) is 10.1 Å². The average Bonchev–Trinajstić information content (AvgIpc) is 2.47. The van der Waals surface area contributed by atoms with E-state index >= 15 is 0 Å². The van der Waals surface area contributed by atoms with Gasteiger partial charge in [-0.05, 0) is 30.3 Å². The van der Waals surface area contributed by atoms with Gasteiger partial charge in [0, 0.05) is 10.0 Å². The molecule has 0 aliphatic rings. The number of halogens is 2. The minimum absolute atomic E-state index is 0.0945. The van der Waals surface area contributed by atoms with Crippen LogP contribution in [0.5, 0.6) is 0 Å². The van der Waals surface area contributed by atoms with Crippen molar-refractivity contribution in [3.8, 4) is 0 Å². The highest BCUT2D eigenvalue weighted by molar-refractivity contribution is 9.10. The molecular weight excluding hydrogens is 341 g/mol. The van der Waals surface area contributed by atoms with Crippen LogP contribution in [0.3, 0.4) is 0 Å². The van der Waals surface area contributed by atoms with Crippen molar-refractivity contribution >= 4 is 33.4 Å². The van der Waals surface area contributed by atoms with Crippen LogP contribution in [-0.2, 0) is 0 Å². The van der Waals surface area contributed by atoms with Crippen LogP contribution >= 0.6 is 15.9 Å². The van der Waals surface area contributed by atoms with E-state index in [9.17, 15) is 9.18 Å². The van der Waals surface area contributed by atoms with E-state index in [-0.39, 0.29) is 11.4 Å². The molecule has 5 nitrogen and oxygen atoms in total. The lowest BCUT2D eigenvalue weighted by molar-refractivity contribution is 0.102. The fourth-order valence-corrected chi connectivity index (χ4v) is 2.09. The molecule has 0 aromatic heterocycles. The van der Waals surface area contributed by atoms with Gasteiger partial charge in [-0.15, -0.1) is 0 Å². The number of anilines is 1. The molecule has 108 valence electrons. The number of oxime groups is 1. The summed E-state index contributed by atoms with van der Waals surface area (Å²) >= 11 is 3.26. The SMILES string of the molecule is N/C(=N/O)c1ccc(Br)cc1NC(=O)c1ccccc1F. The molecule has 0 fully saturated rings. The van der Waals surface area contributed by atoms with Crippen molar-refractivity contribution in [2.24, 2.45) is 10.9 Å². The van der Waals surface area contributed by atoms with E-state index in [0.29, 0.717) is 15.7 Å². The van der Waals surface area contributed by atoms with Gasteiger partial charge in [0.05, 0.1) is 11.3 Å². The molecule has 0 unspecified atom stereocenters. The van der Waals surface area contributed by atoms with Crippen LogP contribution in [0.1, 0.15) is 15.9 Å². The van der Waals surface area contributed by atoms with Gasteiger partial charge in [0.25, 0.3) is 5.91 Å². The summed E-state index contributed by atoms with van der Waals surface area (Å²) in [5, 5.41) is 14.2. The quantitative estimate of drug-likeness (QED) is 0.344. The van der Waals surface area contributed by atoms with Gasteiger partial charge in [-0.2, -0.15) is 0 Å². The first-order valence-electron chi connectivity index (χ1n) is 5.86. The maximum Gasteiger partial charge on any atom is 0.258 e. The van der Waals surface area contributed by atoms with E-state index in [1.54, 1.807) is 24.3 Å². The van der Waals surface area contributed by atoms with Crippen molar-refractivity contribution in [1.29, 1.82) is 0 Å². The molecule has 0 saturated carbocycles. The van der Waals surface area contributed by atoms with E-state index in [2.05, 4.69) is 26.4 Å². The van der Waals surface area contributed by atoms with E-state index in [1.165, 1.54) is 18.2 Å². The Labute approximate surface area is 128 Å². The zero-order valence-electron chi connectivity index (χ0n) is 10.7. The average molecular weight is 352 g/mol. The van der Waals surface area contributed by atoms with E-state index in [1.807, 2.05) is 0 Å². The standard InChI is InChI=1S/C14H11BrFN3O2/c15-8-5-6-10(13(17)19-21)12(7-8)18-14(20)9-3-1-2-4-11(9)16/h1-7,21H,(H2,17,19)(H,18,20). The molecule has 2 aromatic rings. The number of nitrogens with two attached hydrogens (primary N) is 1. The van der Waals surface area contributed by atoms with Crippen LogP contribution in [-0.4, -0.2) is 17.0 Å². The number of carbonyl (C=O) groups excluding carboxylic acids is 1. The summed E-state index contributed by atoms with van der Waals surface area (Å²) in [7, 11) is 0. The van der Waals surface area contributed by atoms with Crippen molar-refractivity contribution in [1.82, 2.24) is 0 Å². The van der Waals surface area contributed by atoms with Crippen LogP contribution in [0.2, 0.25) is 0 Å². The molecule has 0 spiro atoms. The lowest BCUT2D eigenvalue weighted by Crippen LogP contribution is -2.19. The minimum Gasteiger partial charge on any atom is -0.409 e. The second kappa shape index (κ2) is 6.36. The summed E-state index contributed by atoms with van der Waals surface area (Å²) < 4.78 is 14.3. The van der Waals surface area contributed by atoms with E-state index in [4.69, 9.17) is 10.9 Å². The molecule has 1 amide bonds. The number of nitrogens with one attached hydrogen (secondary N) is 1. The summed E-state index contributed by atoms with van der Waals surface area (Å²) in [4.78, 5) is 12.1.